The summed E-state index contributed by atoms with van der Waals surface area (Å²) in [5.74, 6) is -0.957. The van der Waals surface area contributed by atoms with Crippen LogP contribution in [0, 0.1) is 6.07 Å². The van der Waals surface area contributed by atoms with Gasteiger partial charge in [-0.1, -0.05) is 6.07 Å². The predicted octanol–water partition coefficient (Wildman–Crippen LogP) is 2.62. The lowest BCUT2D eigenvalue weighted by molar-refractivity contribution is 0.0377. The Morgan fingerprint density at radius 1 is 1.06 bits per heavy atom. The van der Waals surface area contributed by atoms with Crippen LogP contribution in [0.4, 0.5) is 0 Å². The number of rotatable bonds is 4. The van der Waals surface area contributed by atoms with E-state index < -0.39 is 11.9 Å². The summed E-state index contributed by atoms with van der Waals surface area (Å²) < 4.78 is 10.1. The molecule has 1 rings (SSSR count). The van der Waals surface area contributed by atoms with Gasteiger partial charge in [-0.2, -0.15) is 0 Å². The molecular formula is C14H17O4. The zero-order chi connectivity index (χ0) is 13.7. The molecule has 0 atom stereocenters. The van der Waals surface area contributed by atoms with E-state index in [-0.39, 0.29) is 17.8 Å². The SMILES string of the molecule is CC(C)OC(=O)c1[c]ccc(C(=O)OC(C)C)c1. The third-order valence-corrected chi connectivity index (χ3v) is 1.94. The van der Waals surface area contributed by atoms with Crippen LogP contribution in [0.1, 0.15) is 48.4 Å². The van der Waals surface area contributed by atoms with Crippen molar-refractivity contribution >= 4 is 11.9 Å². The van der Waals surface area contributed by atoms with Crippen molar-refractivity contribution in [1.29, 1.82) is 0 Å². The van der Waals surface area contributed by atoms with Gasteiger partial charge in [-0.3, -0.25) is 0 Å². The van der Waals surface area contributed by atoms with Crippen LogP contribution in [-0.4, -0.2) is 24.1 Å². The highest BCUT2D eigenvalue weighted by Gasteiger charge is 2.14. The van der Waals surface area contributed by atoms with Crippen molar-refractivity contribution in [2.24, 2.45) is 0 Å². The van der Waals surface area contributed by atoms with Crippen LogP contribution in [0.5, 0.6) is 0 Å². The van der Waals surface area contributed by atoms with E-state index in [4.69, 9.17) is 9.47 Å². The highest BCUT2D eigenvalue weighted by molar-refractivity contribution is 5.95. The molecule has 0 spiro atoms. The number of carbonyl (C=O) groups is 2. The molecule has 0 amide bonds. The Hall–Kier alpha value is -1.84. The molecule has 0 heterocycles. The van der Waals surface area contributed by atoms with E-state index in [0.29, 0.717) is 5.56 Å². The van der Waals surface area contributed by atoms with Gasteiger partial charge in [0, 0.05) is 0 Å². The van der Waals surface area contributed by atoms with Gasteiger partial charge in [0.1, 0.15) is 0 Å². The summed E-state index contributed by atoms with van der Waals surface area (Å²) in [6.07, 6.45) is -0.412. The third kappa shape index (κ3) is 4.20. The molecule has 0 aliphatic heterocycles. The highest BCUT2D eigenvalue weighted by Crippen LogP contribution is 2.09. The Bertz CT molecular complexity index is 398. The molecular weight excluding hydrogens is 232 g/mol. The first-order valence-corrected chi connectivity index (χ1v) is 5.84. The van der Waals surface area contributed by atoms with Crippen molar-refractivity contribution in [2.75, 3.05) is 0 Å². The molecule has 97 valence electrons. The fourth-order valence-electron chi connectivity index (χ4n) is 1.27. The molecule has 0 aliphatic carbocycles. The van der Waals surface area contributed by atoms with Gasteiger partial charge in [-0.25, -0.2) is 9.59 Å². The number of hydrogen-bond acceptors (Lipinski definition) is 4. The molecule has 18 heavy (non-hydrogen) atoms. The van der Waals surface area contributed by atoms with E-state index in [1.54, 1.807) is 33.8 Å². The van der Waals surface area contributed by atoms with E-state index in [0.717, 1.165) is 0 Å². The maximum absolute atomic E-state index is 11.7. The zero-order valence-electron chi connectivity index (χ0n) is 11.0. The molecule has 0 fully saturated rings. The van der Waals surface area contributed by atoms with Crippen LogP contribution in [0.15, 0.2) is 18.2 Å². The van der Waals surface area contributed by atoms with Gasteiger partial charge < -0.3 is 9.47 Å². The lowest BCUT2D eigenvalue weighted by Gasteiger charge is -2.10. The molecule has 0 unspecified atom stereocenters. The average Bonchev–Trinajstić information content (AvgIpc) is 2.27. The fraction of sp³-hybridized carbons (Fsp3) is 0.429. The predicted molar refractivity (Wildman–Crippen MR) is 66.4 cm³/mol. The molecule has 0 N–H and O–H groups in total. The van der Waals surface area contributed by atoms with Crippen molar-refractivity contribution in [3.05, 3.63) is 35.4 Å². The summed E-state index contributed by atoms with van der Waals surface area (Å²) in [6, 6.07) is 7.23. The van der Waals surface area contributed by atoms with Crippen LogP contribution >= 0.6 is 0 Å². The molecule has 0 bridgehead atoms. The second kappa shape index (κ2) is 6.19. The molecule has 0 saturated carbocycles. The Kier molecular flexibility index (Phi) is 4.89. The normalized spacial score (nSPS) is 10.6. The van der Waals surface area contributed by atoms with Crippen LogP contribution in [0.2, 0.25) is 0 Å². The molecule has 1 radical (unpaired) electrons. The van der Waals surface area contributed by atoms with Crippen LogP contribution in [0.3, 0.4) is 0 Å². The molecule has 4 heteroatoms. The lowest BCUT2D eigenvalue weighted by atomic mass is 10.1. The second-order valence-electron chi connectivity index (χ2n) is 4.40. The van der Waals surface area contributed by atoms with Crippen molar-refractivity contribution < 1.29 is 19.1 Å². The minimum atomic E-state index is -0.496. The maximum atomic E-state index is 11.7. The van der Waals surface area contributed by atoms with Gasteiger partial charge >= 0.3 is 11.9 Å². The van der Waals surface area contributed by atoms with E-state index in [2.05, 4.69) is 6.07 Å². The lowest BCUT2D eigenvalue weighted by Crippen LogP contribution is -2.14. The van der Waals surface area contributed by atoms with Crippen LogP contribution in [-0.2, 0) is 9.47 Å². The minimum absolute atomic E-state index is 0.201. The Morgan fingerprint density at radius 2 is 1.61 bits per heavy atom. The molecule has 0 saturated heterocycles. The van der Waals surface area contributed by atoms with Crippen LogP contribution < -0.4 is 0 Å². The monoisotopic (exact) mass is 249 g/mol. The van der Waals surface area contributed by atoms with Crippen molar-refractivity contribution in [1.82, 2.24) is 0 Å². The van der Waals surface area contributed by atoms with Crippen molar-refractivity contribution in [3.63, 3.8) is 0 Å². The smallest absolute Gasteiger partial charge is 0.339 e. The number of ether oxygens (including phenoxy) is 2. The van der Waals surface area contributed by atoms with Gasteiger partial charge in [-0.05, 0) is 45.9 Å². The number of esters is 2. The number of carbonyl (C=O) groups excluding carboxylic acids is 2. The third-order valence-electron chi connectivity index (χ3n) is 1.94. The second-order valence-corrected chi connectivity index (χ2v) is 4.40. The molecule has 1 aromatic rings. The van der Waals surface area contributed by atoms with Crippen molar-refractivity contribution in [2.45, 2.75) is 39.9 Å². The number of hydrogen-bond donors (Lipinski definition) is 0. The Morgan fingerprint density at radius 3 is 2.17 bits per heavy atom. The molecule has 1 aromatic carbocycles. The molecule has 4 nitrogen and oxygen atoms in total. The standard InChI is InChI=1S/C14H17O4/c1-9(2)17-13(15)11-6-5-7-12(8-11)14(16)18-10(3)4/h5-6,8-10H,1-4H3. The van der Waals surface area contributed by atoms with Gasteiger partial charge in [-0.15, -0.1) is 0 Å². The van der Waals surface area contributed by atoms with Gasteiger partial charge in [0.2, 0.25) is 0 Å². The highest BCUT2D eigenvalue weighted by atomic mass is 16.5. The Balaban J connectivity index is 2.85. The minimum Gasteiger partial charge on any atom is -0.459 e. The first-order valence-electron chi connectivity index (χ1n) is 5.84. The van der Waals surface area contributed by atoms with E-state index in [1.807, 2.05) is 0 Å². The molecule has 0 aromatic heterocycles. The summed E-state index contributed by atoms with van der Waals surface area (Å²) in [6.45, 7) is 7.05. The quantitative estimate of drug-likeness (QED) is 0.770. The van der Waals surface area contributed by atoms with Gasteiger partial charge in [0.25, 0.3) is 0 Å². The summed E-state index contributed by atoms with van der Waals surface area (Å²) in [7, 11) is 0. The first kappa shape index (κ1) is 14.2. The van der Waals surface area contributed by atoms with Gasteiger partial charge in [0.15, 0.2) is 0 Å². The Labute approximate surface area is 107 Å². The van der Waals surface area contributed by atoms with Gasteiger partial charge in [0.05, 0.1) is 23.3 Å². The summed E-state index contributed by atoms with van der Waals surface area (Å²) in [4.78, 5) is 23.3. The van der Waals surface area contributed by atoms with Crippen molar-refractivity contribution in [3.8, 4) is 0 Å². The summed E-state index contributed by atoms with van der Waals surface area (Å²) in [5, 5.41) is 0. The zero-order valence-corrected chi connectivity index (χ0v) is 11.0. The topological polar surface area (TPSA) is 52.6 Å². The first-order chi connectivity index (χ1) is 8.40. The average molecular weight is 249 g/mol. The van der Waals surface area contributed by atoms with Crippen LogP contribution in [0.25, 0.3) is 0 Å². The maximum Gasteiger partial charge on any atom is 0.339 e. The van der Waals surface area contributed by atoms with E-state index in [9.17, 15) is 9.59 Å². The van der Waals surface area contributed by atoms with E-state index >= 15 is 0 Å². The number of benzene rings is 1. The summed E-state index contributed by atoms with van der Waals surface area (Å²) >= 11 is 0. The fourth-order valence-corrected chi connectivity index (χ4v) is 1.27. The van der Waals surface area contributed by atoms with E-state index in [1.165, 1.54) is 12.1 Å². The largest absolute Gasteiger partial charge is 0.459 e. The molecule has 0 aliphatic rings. The summed E-state index contributed by atoms with van der Waals surface area (Å²) in [5.41, 5.74) is 0.542.